The van der Waals surface area contributed by atoms with Gasteiger partial charge in [-0.3, -0.25) is 0 Å². The predicted molar refractivity (Wildman–Crippen MR) is 79.7 cm³/mol. The zero-order valence-electron chi connectivity index (χ0n) is 11.3. The van der Waals surface area contributed by atoms with Gasteiger partial charge in [0.2, 0.25) is 0 Å². The average molecular weight is 299 g/mol. The van der Waals surface area contributed by atoms with Crippen LogP contribution >= 0.6 is 23.3 Å². The number of ether oxygens (including phenoxy) is 1. The van der Waals surface area contributed by atoms with Gasteiger partial charge >= 0.3 is 0 Å². The van der Waals surface area contributed by atoms with Crippen LogP contribution < -0.4 is 5.32 Å². The molecule has 3 rings (SSSR count). The van der Waals surface area contributed by atoms with E-state index in [0.29, 0.717) is 12.0 Å². The van der Waals surface area contributed by atoms with Crippen molar-refractivity contribution in [1.82, 2.24) is 14.9 Å². The molecule has 2 saturated heterocycles. The Hall–Kier alpha value is -0.170. The van der Waals surface area contributed by atoms with Crippen LogP contribution in [0.5, 0.6) is 0 Å². The quantitative estimate of drug-likeness (QED) is 0.929. The molecule has 6 heteroatoms. The largest absolute Gasteiger partial charge is 0.375 e. The van der Waals surface area contributed by atoms with Crippen molar-refractivity contribution in [3.8, 4) is 0 Å². The fourth-order valence-electron chi connectivity index (χ4n) is 3.37. The van der Waals surface area contributed by atoms with Crippen molar-refractivity contribution in [2.24, 2.45) is 5.92 Å². The van der Waals surface area contributed by atoms with Gasteiger partial charge in [-0.25, -0.2) is 0 Å². The Morgan fingerprint density at radius 3 is 3.00 bits per heavy atom. The summed E-state index contributed by atoms with van der Waals surface area (Å²) in [7, 11) is 2.03. The molecule has 0 radical (unpaired) electrons. The Bertz CT molecular complexity index is 387. The predicted octanol–water partition coefficient (Wildman–Crippen LogP) is 2.49. The summed E-state index contributed by atoms with van der Waals surface area (Å²) >= 11 is 3.50. The van der Waals surface area contributed by atoms with Gasteiger partial charge in [0.1, 0.15) is 0 Å². The molecule has 0 aromatic carbocycles. The van der Waals surface area contributed by atoms with Gasteiger partial charge in [-0.1, -0.05) is 4.49 Å². The van der Waals surface area contributed by atoms with Crippen LogP contribution in [0.25, 0.3) is 0 Å². The topological polar surface area (TPSA) is 47.0 Å². The van der Waals surface area contributed by atoms with E-state index in [1.54, 1.807) is 0 Å². The fourth-order valence-corrected chi connectivity index (χ4v) is 5.10. The number of rotatable bonds is 3. The highest BCUT2D eigenvalue weighted by atomic mass is 32.2. The molecule has 1 aromatic rings. The van der Waals surface area contributed by atoms with Gasteiger partial charge in [-0.05, 0) is 61.7 Å². The van der Waals surface area contributed by atoms with Crippen molar-refractivity contribution in [1.29, 1.82) is 0 Å². The summed E-state index contributed by atoms with van der Waals surface area (Å²) in [6.45, 7) is 0.894. The number of nitrogens with zero attached hydrogens (tertiary/aromatic N) is 2. The zero-order chi connectivity index (χ0) is 13.1. The lowest BCUT2D eigenvalue weighted by Crippen LogP contribution is -2.45. The summed E-state index contributed by atoms with van der Waals surface area (Å²) in [6, 6.07) is 0.328. The molecule has 2 aliphatic heterocycles. The van der Waals surface area contributed by atoms with Gasteiger partial charge < -0.3 is 10.1 Å². The van der Waals surface area contributed by atoms with Crippen LogP contribution in [0.4, 0.5) is 0 Å². The lowest BCUT2D eigenvalue weighted by atomic mass is 9.78. The molecule has 1 N–H and O–H groups in total. The van der Waals surface area contributed by atoms with E-state index >= 15 is 0 Å². The minimum Gasteiger partial charge on any atom is -0.375 e. The third-order valence-corrected chi connectivity index (χ3v) is 5.92. The average Bonchev–Trinajstić information content (AvgIpc) is 2.95. The monoisotopic (exact) mass is 299 g/mol. The molecule has 0 amide bonds. The van der Waals surface area contributed by atoms with Crippen LogP contribution in [0.2, 0.25) is 0 Å². The molecule has 106 valence electrons. The molecule has 2 unspecified atom stereocenters. The van der Waals surface area contributed by atoms with Crippen molar-refractivity contribution < 1.29 is 4.74 Å². The SMILES string of the molecule is CNC(c1csnn1)C1CCOC2(CCSCC2)C1. The smallest absolute Gasteiger partial charge is 0.0927 e. The lowest BCUT2D eigenvalue weighted by Gasteiger charge is -2.45. The maximum Gasteiger partial charge on any atom is 0.0927 e. The summed E-state index contributed by atoms with van der Waals surface area (Å²) < 4.78 is 10.2. The third-order valence-electron chi connectivity index (χ3n) is 4.41. The summed E-state index contributed by atoms with van der Waals surface area (Å²) in [6.07, 6.45) is 4.70. The number of hydrogen-bond donors (Lipinski definition) is 1. The molecule has 0 bridgehead atoms. The van der Waals surface area contributed by atoms with Crippen molar-refractivity contribution >= 4 is 23.3 Å². The van der Waals surface area contributed by atoms with Crippen LogP contribution in [0, 0.1) is 5.92 Å². The third kappa shape index (κ3) is 2.96. The Morgan fingerprint density at radius 1 is 1.47 bits per heavy atom. The van der Waals surface area contributed by atoms with E-state index in [4.69, 9.17) is 4.74 Å². The second-order valence-electron chi connectivity index (χ2n) is 5.49. The molecule has 2 fully saturated rings. The first-order valence-electron chi connectivity index (χ1n) is 6.99. The van der Waals surface area contributed by atoms with Crippen LogP contribution in [0.1, 0.15) is 37.4 Å². The summed E-state index contributed by atoms with van der Waals surface area (Å²) in [4.78, 5) is 0. The minimum atomic E-state index is 0.146. The first kappa shape index (κ1) is 13.8. The molecule has 0 aliphatic carbocycles. The van der Waals surface area contributed by atoms with Crippen LogP contribution in [0.15, 0.2) is 5.38 Å². The van der Waals surface area contributed by atoms with Crippen LogP contribution in [-0.2, 0) is 4.74 Å². The molecule has 4 nitrogen and oxygen atoms in total. The van der Waals surface area contributed by atoms with Crippen LogP contribution in [0.3, 0.4) is 0 Å². The van der Waals surface area contributed by atoms with Crippen molar-refractivity contribution in [2.45, 2.75) is 37.3 Å². The zero-order valence-corrected chi connectivity index (χ0v) is 12.9. The highest BCUT2D eigenvalue weighted by Crippen LogP contribution is 2.43. The number of thioether (sulfide) groups is 1. The van der Waals surface area contributed by atoms with Gasteiger partial charge in [0.25, 0.3) is 0 Å². The van der Waals surface area contributed by atoms with Gasteiger partial charge in [0, 0.05) is 12.0 Å². The molecule has 1 spiro atoms. The summed E-state index contributed by atoms with van der Waals surface area (Å²) in [5, 5.41) is 9.77. The number of aromatic nitrogens is 2. The van der Waals surface area contributed by atoms with Gasteiger partial charge in [-0.2, -0.15) is 11.8 Å². The Labute approximate surface area is 122 Å². The van der Waals surface area contributed by atoms with E-state index in [1.807, 2.05) is 7.05 Å². The Kier molecular flexibility index (Phi) is 4.41. The number of hydrogen-bond acceptors (Lipinski definition) is 6. The van der Waals surface area contributed by atoms with Crippen LogP contribution in [-0.4, -0.2) is 40.3 Å². The van der Waals surface area contributed by atoms with E-state index in [2.05, 4.69) is 32.0 Å². The molecule has 1 aromatic heterocycles. The maximum atomic E-state index is 6.17. The summed E-state index contributed by atoms with van der Waals surface area (Å²) in [5.74, 6) is 3.11. The molecule has 2 atom stereocenters. The fraction of sp³-hybridized carbons (Fsp3) is 0.846. The second-order valence-corrected chi connectivity index (χ2v) is 7.33. The Balaban J connectivity index is 1.73. The minimum absolute atomic E-state index is 0.146. The molecular formula is C13H21N3OS2. The van der Waals surface area contributed by atoms with Gasteiger partial charge in [0.05, 0.1) is 17.3 Å². The normalized spacial score (nSPS) is 28.4. The lowest BCUT2D eigenvalue weighted by molar-refractivity contribution is -0.107. The highest BCUT2D eigenvalue weighted by Gasteiger charge is 2.41. The van der Waals surface area contributed by atoms with Gasteiger partial charge in [0.15, 0.2) is 0 Å². The Morgan fingerprint density at radius 2 is 2.32 bits per heavy atom. The van der Waals surface area contributed by atoms with Gasteiger partial charge in [-0.15, -0.1) is 5.10 Å². The molecule has 3 heterocycles. The van der Waals surface area contributed by atoms with Crippen molar-refractivity contribution in [3.63, 3.8) is 0 Å². The van der Waals surface area contributed by atoms with Crippen molar-refractivity contribution in [2.75, 3.05) is 25.2 Å². The van der Waals surface area contributed by atoms with E-state index in [0.717, 1.165) is 25.1 Å². The molecular weight excluding hydrogens is 278 g/mol. The van der Waals surface area contributed by atoms with E-state index < -0.39 is 0 Å². The second kappa shape index (κ2) is 6.08. The molecule has 0 saturated carbocycles. The molecule has 2 aliphatic rings. The van der Waals surface area contributed by atoms with E-state index in [1.165, 1.54) is 35.9 Å². The highest BCUT2D eigenvalue weighted by molar-refractivity contribution is 7.99. The number of nitrogens with one attached hydrogen (secondary N) is 1. The van der Waals surface area contributed by atoms with Crippen molar-refractivity contribution in [3.05, 3.63) is 11.1 Å². The standard InChI is InChI=1S/C13H21N3OS2/c1-14-12(11-9-19-16-15-11)10-2-5-17-13(8-10)3-6-18-7-4-13/h9-10,12,14H,2-8H2,1H3. The first-order chi connectivity index (χ1) is 9.33. The van der Waals surface area contributed by atoms with E-state index in [-0.39, 0.29) is 5.60 Å². The summed E-state index contributed by atoms with van der Waals surface area (Å²) in [5.41, 5.74) is 1.24. The first-order valence-corrected chi connectivity index (χ1v) is 8.98. The molecule has 19 heavy (non-hydrogen) atoms. The van der Waals surface area contributed by atoms with E-state index in [9.17, 15) is 0 Å². The maximum absolute atomic E-state index is 6.17.